The minimum atomic E-state index is 0.258. The summed E-state index contributed by atoms with van der Waals surface area (Å²) < 4.78 is 2.06. The standard InChI is InChI=1S/C15H27N3S/c1-4-12(16)10-14-11(2)17-18(3)15(14)19-13-8-6-5-7-9-13/h12-13H,4-10,16H2,1-3H3. The lowest BCUT2D eigenvalue weighted by Crippen LogP contribution is -2.22. The van der Waals surface area contributed by atoms with Gasteiger partial charge in [0.15, 0.2) is 0 Å². The van der Waals surface area contributed by atoms with Gasteiger partial charge in [-0.2, -0.15) is 5.10 Å². The van der Waals surface area contributed by atoms with Gasteiger partial charge in [0.2, 0.25) is 0 Å². The van der Waals surface area contributed by atoms with E-state index in [1.807, 2.05) is 11.8 Å². The molecule has 0 radical (unpaired) electrons. The fraction of sp³-hybridized carbons (Fsp3) is 0.800. The van der Waals surface area contributed by atoms with Crippen molar-refractivity contribution in [1.29, 1.82) is 0 Å². The lowest BCUT2D eigenvalue weighted by molar-refractivity contribution is 0.514. The van der Waals surface area contributed by atoms with Gasteiger partial charge in [0, 0.05) is 23.9 Å². The van der Waals surface area contributed by atoms with Crippen molar-refractivity contribution in [1.82, 2.24) is 9.78 Å². The first kappa shape index (κ1) is 14.9. The van der Waals surface area contributed by atoms with Gasteiger partial charge in [0.1, 0.15) is 0 Å². The second-order valence-electron chi connectivity index (χ2n) is 5.74. The fourth-order valence-electron chi connectivity index (χ4n) is 2.81. The summed E-state index contributed by atoms with van der Waals surface area (Å²) in [7, 11) is 2.07. The Labute approximate surface area is 121 Å². The summed E-state index contributed by atoms with van der Waals surface area (Å²) in [6.07, 6.45) is 8.89. The Morgan fingerprint density at radius 1 is 1.37 bits per heavy atom. The zero-order chi connectivity index (χ0) is 13.8. The van der Waals surface area contributed by atoms with Crippen molar-refractivity contribution in [3.63, 3.8) is 0 Å². The molecule has 1 aliphatic carbocycles. The maximum absolute atomic E-state index is 6.14. The number of rotatable bonds is 5. The number of hydrogen-bond donors (Lipinski definition) is 1. The molecule has 3 nitrogen and oxygen atoms in total. The van der Waals surface area contributed by atoms with E-state index in [-0.39, 0.29) is 6.04 Å². The van der Waals surface area contributed by atoms with E-state index in [1.165, 1.54) is 42.7 Å². The summed E-state index contributed by atoms with van der Waals surface area (Å²) in [6.45, 7) is 4.27. The molecular formula is C15H27N3S. The fourth-order valence-corrected chi connectivity index (χ4v) is 4.26. The highest BCUT2D eigenvalue weighted by Crippen LogP contribution is 2.36. The zero-order valence-electron chi connectivity index (χ0n) is 12.5. The number of nitrogens with two attached hydrogens (primary N) is 1. The number of thioether (sulfide) groups is 1. The van der Waals surface area contributed by atoms with Crippen LogP contribution in [-0.4, -0.2) is 21.1 Å². The monoisotopic (exact) mass is 281 g/mol. The third-order valence-electron chi connectivity index (χ3n) is 4.11. The Morgan fingerprint density at radius 2 is 2.05 bits per heavy atom. The second-order valence-corrected chi connectivity index (χ2v) is 7.03. The van der Waals surface area contributed by atoms with Gasteiger partial charge in [-0.15, -0.1) is 11.8 Å². The normalized spacial score (nSPS) is 18.7. The minimum Gasteiger partial charge on any atom is -0.327 e. The molecule has 1 fully saturated rings. The number of aryl methyl sites for hydroxylation is 2. The van der Waals surface area contributed by atoms with Crippen molar-refractivity contribution in [2.45, 2.75) is 75.1 Å². The van der Waals surface area contributed by atoms with Crippen molar-refractivity contribution >= 4 is 11.8 Å². The first-order valence-corrected chi connectivity index (χ1v) is 8.44. The minimum absolute atomic E-state index is 0.258. The van der Waals surface area contributed by atoms with Crippen LogP contribution in [0.2, 0.25) is 0 Å². The average molecular weight is 281 g/mol. The smallest absolute Gasteiger partial charge is 0.0974 e. The van der Waals surface area contributed by atoms with Crippen molar-refractivity contribution < 1.29 is 0 Å². The van der Waals surface area contributed by atoms with Crippen molar-refractivity contribution in [2.24, 2.45) is 12.8 Å². The average Bonchev–Trinajstić information content (AvgIpc) is 2.67. The van der Waals surface area contributed by atoms with Gasteiger partial charge in [-0.25, -0.2) is 0 Å². The molecule has 0 aliphatic heterocycles. The maximum atomic E-state index is 6.14. The van der Waals surface area contributed by atoms with E-state index in [0.717, 1.165) is 23.8 Å². The number of aromatic nitrogens is 2. The number of hydrogen-bond acceptors (Lipinski definition) is 3. The van der Waals surface area contributed by atoms with Crippen LogP contribution < -0.4 is 5.73 Å². The van der Waals surface area contributed by atoms with Crippen LogP contribution >= 0.6 is 11.8 Å². The summed E-state index contributed by atoms with van der Waals surface area (Å²) in [5, 5.41) is 6.74. The van der Waals surface area contributed by atoms with E-state index in [0.29, 0.717) is 0 Å². The Morgan fingerprint density at radius 3 is 2.68 bits per heavy atom. The Balaban J connectivity index is 2.13. The maximum Gasteiger partial charge on any atom is 0.0974 e. The van der Waals surface area contributed by atoms with Gasteiger partial charge in [-0.3, -0.25) is 4.68 Å². The van der Waals surface area contributed by atoms with Crippen LogP contribution in [0.5, 0.6) is 0 Å². The molecule has 0 bridgehead atoms. The molecule has 2 rings (SSSR count). The number of nitrogens with zero attached hydrogens (tertiary/aromatic N) is 2. The van der Waals surface area contributed by atoms with Gasteiger partial charge < -0.3 is 5.73 Å². The van der Waals surface area contributed by atoms with Crippen molar-refractivity contribution in [3.8, 4) is 0 Å². The third-order valence-corrected chi connectivity index (χ3v) is 5.65. The third kappa shape index (κ3) is 3.76. The second kappa shape index (κ2) is 6.80. The van der Waals surface area contributed by atoms with Gasteiger partial charge in [0.25, 0.3) is 0 Å². The highest BCUT2D eigenvalue weighted by molar-refractivity contribution is 7.99. The SMILES string of the molecule is CCC(N)Cc1c(C)nn(C)c1SC1CCCCC1. The van der Waals surface area contributed by atoms with Crippen LogP contribution in [0.3, 0.4) is 0 Å². The molecule has 0 amide bonds. The molecular weight excluding hydrogens is 254 g/mol. The molecule has 1 aromatic heterocycles. The van der Waals surface area contributed by atoms with Gasteiger partial charge >= 0.3 is 0 Å². The summed E-state index contributed by atoms with van der Waals surface area (Å²) in [4.78, 5) is 0. The molecule has 4 heteroatoms. The first-order chi connectivity index (χ1) is 9.11. The lowest BCUT2D eigenvalue weighted by Gasteiger charge is -2.22. The molecule has 1 saturated carbocycles. The van der Waals surface area contributed by atoms with E-state index in [2.05, 4.69) is 30.7 Å². The molecule has 1 unspecified atom stereocenters. The highest BCUT2D eigenvalue weighted by atomic mass is 32.2. The van der Waals surface area contributed by atoms with E-state index in [4.69, 9.17) is 5.73 Å². The molecule has 2 N–H and O–H groups in total. The summed E-state index contributed by atoms with van der Waals surface area (Å²) in [5.74, 6) is 0. The van der Waals surface area contributed by atoms with E-state index in [9.17, 15) is 0 Å². The largest absolute Gasteiger partial charge is 0.327 e. The molecule has 1 aliphatic rings. The predicted octanol–water partition coefficient (Wildman–Crippen LogP) is 3.43. The van der Waals surface area contributed by atoms with Crippen LogP contribution in [-0.2, 0) is 13.5 Å². The van der Waals surface area contributed by atoms with Crippen molar-refractivity contribution in [2.75, 3.05) is 0 Å². The molecule has 0 saturated heterocycles. The topological polar surface area (TPSA) is 43.8 Å². The van der Waals surface area contributed by atoms with E-state index in [1.54, 1.807) is 0 Å². The lowest BCUT2D eigenvalue weighted by atomic mass is 10.0. The zero-order valence-corrected chi connectivity index (χ0v) is 13.3. The molecule has 1 atom stereocenters. The van der Waals surface area contributed by atoms with Gasteiger partial charge in [-0.1, -0.05) is 26.2 Å². The first-order valence-electron chi connectivity index (χ1n) is 7.56. The van der Waals surface area contributed by atoms with Crippen LogP contribution in [0.4, 0.5) is 0 Å². The predicted molar refractivity (Wildman–Crippen MR) is 82.6 cm³/mol. The molecule has 0 spiro atoms. The van der Waals surface area contributed by atoms with Crippen LogP contribution in [0.25, 0.3) is 0 Å². The van der Waals surface area contributed by atoms with E-state index >= 15 is 0 Å². The van der Waals surface area contributed by atoms with Crippen LogP contribution in [0, 0.1) is 6.92 Å². The van der Waals surface area contributed by atoms with Gasteiger partial charge in [0.05, 0.1) is 10.7 Å². The molecule has 19 heavy (non-hydrogen) atoms. The Hall–Kier alpha value is -0.480. The molecule has 0 aromatic carbocycles. The summed E-state index contributed by atoms with van der Waals surface area (Å²) >= 11 is 2.04. The van der Waals surface area contributed by atoms with Gasteiger partial charge in [-0.05, 0) is 32.6 Å². The van der Waals surface area contributed by atoms with Crippen molar-refractivity contribution in [3.05, 3.63) is 11.3 Å². The van der Waals surface area contributed by atoms with Crippen LogP contribution in [0.15, 0.2) is 5.03 Å². The molecule has 1 aromatic rings. The van der Waals surface area contributed by atoms with Crippen LogP contribution in [0.1, 0.15) is 56.7 Å². The van der Waals surface area contributed by atoms with E-state index < -0.39 is 0 Å². The molecule has 108 valence electrons. The summed E-state index contributed by atoms with van der Waals surface area (Å²) in [5.41, 5.74) is 8.68. The molecule has 1 heterocycles. The summed E-state index contributed by atoms with van der Waals surface area (Å²) in [6, 6.07) is 0.258. The Bertz CT molecular complexity index is 408. The quantitative estimate of drug-likeness (QED) is 0.899. The Kier molecular flexibility index (Phi) is 5.34. The highest BCUT2D eigenvalue weighted by Gasteiger charge is 2.21.